The van der Waals surface area contributed by atoms with Crippen LogP contribution in [0.4, 0.5) is 5.95 Å². The average Bonchev–Trinajstić information content (AvgIpc) is 3.07. The van der Waals surface area contributed by atoms with Gasteiger partial charge >= 0.3 is 0 Å². The molecule has 6 heteroatoms. The first-order chi connectivity index (χ1) is 11.1. The summed E-state index contributed by atoms with van der Waals surface area (Å²) in [6.07, 6.45) is 2.13. The van der Waals surface area contributed by atoms with E-state index in [1.165, 1.54) is 0 Å². The van der Waals surface area contributed by atoms with Gasteiger partial charge in [0.05, 0.1) is 0 Å². The summed E-state index contributed by atoms with van der Waals surface area (Å²) in [5.74, 6) is 0.432. The van der Waals surface area contributed by atoms with Gasteiger partial charge in [0, 0.05) is 30.4 Å². The quantitative estimate of drug-likeness (QED) is 0.934. The number of aryl methyl sites for hydroxylation is 1. The van der Waals surface area contributed by atoms with Gasteiger partial charge in [-0.2, -0.15) is 0 Å². The molecule has 2 heterocycles. The number of anilines is 1. The summed E-state index contributed by atoms with van der Waals surface area (Å²) in [6.45, 7) is 4.00. The fourth-order valence-electron chi connectivity index (χ4n) is 2.66. The van der Waals surface area contributed by atoms with E-state index in [1.807, 2.05) is 36.1 Å². The van der Waals surface area contributed by atoms with Gasteiger partial charge in [-0.05, 0) is 37.5 Å². The normalized spacial score (nSPS) is 14.1. The molecule has 0 atom stereocenters. The van der Waals surface area contributed by atoms with Gasteiger partial charge < -0.3 is 10.2 Å². The summed E-state index contributed by atoms with van der Waals surface area (Å²) in [4.78, 5) is 23.0. The lowest BCUT2D eigenvalue weighted by Crippen LogP contribution is -2.28. The molecule has 1 fully saturated rings. The number of hydrogen-bond donors (Lipinski definition) is 1. The van der Waals surface area contributed by atoms with Crippen molar-refractivity contribution in [2.45, 2.75) is 26.3 Å². The van der Waals surface area contributed by atoms with Crippen LogP contribution in [0.25, 0.3) is 0 Å². The standard InChI is InChI=1S/C17H19ClN4O/c1-12-10-15(16(23)22-8-4-5-9-22)21-17(20-12)19-11-13-6-2-3-7-14(13)18/h2-3,6-7,10H,4-5,8-9,11H2,1H3,(H,19,20,21). The van der Waals surface area contributed by atoms with Crippen LogP contribution < -0.4 is 5.32 Å². The molecule has 1 amide bonds. The van der Waals surface area contributed by atoms with Crippen molar-refractivity contribution in [2.75, 3.05) is 18.4 Å². The van der Waals surface area contributed by atoms with Crippen molar-refractivity contribution in [1.82, 2.24) is 14.9 Å². The van der Waals surface area contributed by atoms with Crippen molar-refractivity contribution < 1.29 is 4.79 Å². The summed E-state index contributed by atoms with van der Waals surface area (Å²) >= 11 is 6.15. The van der Waals surface area contributed by atoms with Gasteiger partial charge in [-0.15, -0.1) is 0 Å². The largest absolute Gasteiger partial charge is 0.350 e. The molecule has 0 saturated carbocycles. The SMILES string of the molecule is Cc1cc(C(=O)N2CCCC2)nc(NCc2ccccc2Cl)n1. The molecule has 120 valence electrons. The van der Waals surface area contributed by atoms with E-state index in [1.54, 1.807) is 6.07 Å². The minimum Gasteiger partial charge on any atom is -0.350 e. The van der Waals surface area contributed by atoms with Gasteiger partial charge in [-0.1, -0.05) is 29.8 Å². The van der Waals surface area contributed by atoms with E-state index in [9.17, 15) is 4.79 Å². The molecule has 1 saturated heterocycles. The third-order valence-electron chi connectivity index (χ3n) is 3.86. The summed E-state index contributed by atoms with van der Waals surface area (Å²) in [7, 11) is 0. The molecule has 0 radical (unpaired) electrons. The molecule has 23 heavy (non-hydrogen) atoms. The Morgan fingerprint density at radius 2 is 2.00 bits per heavy atom. The number of nitrogens with zero attached hydrogens (tertiary/aromatic N) is 3. The van der Waals surface area contributed by atoms with Gasteiger partial charge in [0.25, 0.3) is 5.91 Å². The summed E-state index contributed by atoms with van der Waals surface area (Å²) < 4.78 is 0. The van der Waals surface area contributed by atoms with E-state index in [4.69, 9.17) is 11.6 Å². The van der Waals surface area contributed by atoms with Crippen LogP contribution in [-0.4, -0.2) is 33.9 Å². The molecule has 1 aromatic carbocycles. The van der Waals surface area contributed by atoms with Gasteiger partial charge in [0.2, 0.25) is 5.95 Å². The first-order valence-corrected chi connectivity index (χ1v) is 8.13. The van der Waals surface area contributed by atoms with Crippen LogP contribution in [0.5, 0.6) is 0 Å². The Bertz CT molecular complexity index is 713. The van der Waals surface area contributed by atoms with Gasteiger partial charge in [-0.25, -0.2) is 9.97 Å². The number of hydrogen-bond acceptors (Lipinski definition) is 4. The Kier molecular flexibility index (Phi) is 4.76. The first kappa shape index (κ1) is 15.7. The van der Waals surface area contributed by atoms with Crippen LogP contribution in [0.3, 0.4) is 0 Å². The second-order valence-corrected chi connectivity index (χ2v) is 6.07. The maximum Gasteiger partial charge on any atom is 0.272 e. The zero-order valence-corrected chi connectivity index (χ0v) is 13.8. The summed E-state index contributed by atoms with van der Waals surface area (Å²) in [5, 5.41) is 3.85. The highest BCUT2D eigenvalue weighted by Gasteiger charge is 2.21. The van der Waals surface area contributed by atoms with Crippen LogP contribution in [-0.2, 0) is 6.54 Å². The third kappa shape index (κ3) is 3.79. The molecule has 3 rings (SSSR count). The molecule has 5 nitrogen and oxygen atoms in total. The highest BCUT2D eigenvalue weighted by molar-refractivity contribution is 6.31. The zero-order chi connectivity index (χ0) is 16.2. The minimum absolute atomic E-state index is 0.0196. The number of nitrogens with one attached hydrogen (secondary N) is 1. The number of carbonyl (C=O) groups excluding carboxylic acids is 1. The van der Waals surface area contributed by atoms with E-state index in [0.717, 1.165) is 37.2 Å². The molecule has 0 bridgehead atoms. The van der Waals surface area contributed by atoms with Gasteiger partial charge in [-0.3, -0.25) is 4.79 Å². The van der Waals surface area contributed by atoms with Crippen molar-refractivity contribution in [1.29, 1.82) is 0 Å². The van der Waals surface area contributed by atoms with E-state index < -0.39 is 0 Å². The first-order valence-electron chi connectivity index (χ1n) is 7.76. The van der Waals surface area contributed by atoms with Crippen LogP contribution in [0, 0.1) is 6.92 Å². The van der Waals surface area contributed by atoms with Crippen molar-refractivity contribution in [2.24, 2.45) is 0 Å². The zero-order valence-electron chi connectivity index (χ0n) is 13.1. The van der Waals surface area contributed by atoms with Crippen LogP contribution in [0.2, 0.25) is 5.02 Å². The monoisotopic (exact) mass is 330 g/mol. The van der Waals surface area contributed by atoms with Crippen molar-refractivity contribution in [3.8, 4) is 0 Å². The van der Waals surface area contributed by atoms with Crippen molar-refractivity contribution in [3.05, 3.63) is 52.3 Å². The topological polar surface area (TPSA) is 58.1 Å². The molecule has 0 aliphatic carbocycles. The average molecular weight is 331 g/mol. The molecule has 1 N–H and O–H groups in total. The Morgan fingerprint density at radius 1 is 1.26 bits per heavy atom. The van der Waals surface area contributed by atoms with E-state index in [2.05, 4.69) is 15.3 Å². The predicted octanol–water partition coefficient (Wildman–Crippen LogP) is 3.29. The van der Waals surface area contributed by atoms with E-state index in [-0.39, 0.29) is 5.91 Å². The maximum absolute atomic E-state index is 12.5. The third-order valence-corrected chi connectivity index (χ3v) is 4.23. The second-order valence-electron chi connectivity index (χ2n) is 5.66. The molecule has 0 unspecified atom stereocenters. The van der Waals surface area contributed by atoms with E-state index >= 15 is 0 Å². The highest BCUT2D eigenvalue weighted by Crippen LogP contribution is 2.17. The van der Waals surface area contributed by atoms with Crippen molar-refractivity contribution >= 4 is 23.5 Å². The predicted molar refractivity (Wildman–Crippen MR) is 90.7 cm³/mol. The Morgan fingerprint density at radius 3 is 2.74 bits per heavy atom. The smallest absolute Gasteiger partial charge is 0.272 e. The number of aromatic nitrogens is 2. The summed E-state index contributed by atoms with van der Waals surface area (Å²) in [6, 6.07) is 9.35. The molecule has 0 spiro atoms. The maximum atomic E-state index is 12.5. The van der Waals surface area contributed by atoms with Crippen molar-refractivity contribution in [3.63, 3.8) is 0 Å². The van der Waals surface area contributed by atoms with Gasteiger partial charge in [0.1, 0.15) is 5.69 Å². The fourth-order valence-corrected chi connectivity index (χ4v) is 2.86. The molecular formula is C17H19ClN4O. The molecule has 2 aromatic rings. The number of benzene rings is 1. The Hall–Kier alpha value is -2.14. The number of rotatable bonds is 4. The Labute approximate surface area is 140 Å². The minimum atomic E-state index is -0.0196. The number of amides is 1. The van der Waals surface area contributed by atoms with Gasteiger partial charge in [0.15, 0.2) is 0 Å². The highest BCUT2D eigenvalue weighted by atomic mass is 35.5. The number of likely N-dealkylation sites (tertiary alicyclic amines) is 1. The lowest BCUT2D eigenvalue weighted by atomic mass is 10.2. The van der Waals surface area contributed by atoms with Crippen LogP contribution in [0.1, 0.15) is 34.6 Å². The number of halogens is 1. The number of carbonyl (C=O) groups is 1. The second kappa shape index (κ2) is 6.96. The lowest BCUT2D eigenvalue weighted by Gasteiger charge is -2.15. The molecule has 1 aliphatic rings. The lowest BCUT2D eigenvalue weighted by molar-refractivity contribution is 0.0787. The van der Waals surface area contributed by atoms with Crippen LogP contribution in [0.15, 0.2) is 30.3 Å². The van der Waals surface area contributed by atoms with E-state index in [0.29, 0.717) is 23.2 Å². The molecular weight excluding hydrogens is 312 g/mol. The molecule has 1 aromatic heterocycles. The Balaban J connectivity index is 1.75. The molecule has 1 aliphatic heterocycles. The fraction of sp³-hybridized carbons (Fsp3) is 0.353. The summed E-state index contributed by atoms with van der Waals surface area (Å²) in [5.41, 5.74) is 2.18. The van der Waals surface area contributed by atoms with Crippen LogP contribution >= 0.6 is 11.6 Å².